The number of nitrogens with zero attached hydrogens (tertiary/aromatic N) is 1. The molecule has 0 aromatic heterocycles. The van der Waals surface area contributed by atoms with Crippen LogP contribution in [0.1, 0.15) is 59.3 Å². The van der Waals surface area contributed by atoms with Crippen LogP contribution in [0.4, 0.5) is 0 Å². The minimum Gasteiger partial charge on any atom is -0.480 e. The minimum absolute atomic E-state index is 0.253. The SMILES string of the molecule is CCCCC(C(=O)O)N1CCC(C)(CC)CC1. The number of carboxylic acids is 1. The number of rotatable bonds is 6. The predicted molar refractivity (Wildman–Crippen MR) is 70.2 cm³/mol. The molecular weight excluding hydrogens is 214 g/mol. The second kappa shape index (κ2) is 6.39. The first-order valence-corrected chi connectivity index (χ1v) is 6.99. The van der Waals surface area contributed by atoms with Crippen molar-refractivity contribution < 1.29 is 9.90 Å². The van der Waals surface area contributed by atoms with Crippen LogP contribution in [0, 0.1) is 5.41 Å². The number of likely N-dealkylation sites (tertiary alicyclic amines) is 1. The highest BCUT2D eigenvalue weighted by Crippen LogP contribution is 2.34. The molecule has 0 saturated carbocycles. The van der Waals surface area contributed by atoms with Gasteiger partial charge in [0.2, 0.25) is 0 Å². The van der Waals surface area contributed by atoms with Crippen molar-refractivity contribution >= 4 is 5.97 Å². The third kappa shape index (κ3) is 3.98. The molecule has 1 unspecified atom stereocenters. The van der Waals surface area contributed by atoms with E-state index in [9.17, 15) is 9.90 Å². The first-order valence-electron chi connectivity index (χ1n) is 6.99. The third-order valence-corrected chi connectivity index (χ3v) is 4.42. The Bertz CT molecular complexity index is 245. The summed E-state index contributed by atoms with van der Waals surface area (Å²) in [5, 5.41) is 9.30. The molecule has 0 aliphatic carbocycles. The van der Waals surface area contributed by atoms with Gasteiger partial charge in [0.15, 0.2) is 0 Å². The molecule has 0 radical (unpaired) electrons. The molecule has 0 bridgehead atoms. The Hall–Kier alpha value is -0.570. The lowest BCUT2D eigenvalue weighted by atomic mass is 9.78. The van der Waals surface area contributed by atoms with E-state index in [-0.39, 0.29) is 6.04 Å². The number of hydrogen-bond acceptors (Lipinski definition) is 2. The highest BCUT2D eigenvalue weighted by Gasteiger charge is 2.33. The van der Waals surface area contributed by atoms with Gasteiger partial charge in [0.25, 0.3) is 0 Å². The average Bonchev–Trinajstić information content (AvgIpc) is 2.32. The van der Waals surface area contributed by atoms with Gasteiger partial charge in [0.05, 0.1) is 0 Å². The summed E-state index contributed by atoms with van der Waals surface area (Å²) in [5.74, 6) is -0.640. The van der Waals surface area contributed by atoms with Crippen molar-refractivity contribution in [3.8, 4) is 0 Å². The molecular formula is C14H27NO2. The molecule has 0 amide bonds. The Morgan fingerprint density at radius 3 is 2.35 bits per heavy atom. The summed E-state index contributed by atoms with van der Waals surface area (Å²) >= 11 is 0. The van der Waals surface area contributed by atoms with Crippen LogP contribution in [0.25, 0.3) is 0 Å². The van der Waals surface area contributed by atoms with Crippen molar-refractivity contribution in [3.63, 3.8) is 0 Å². The Morgan fingerprint density at radius 1 is 1.35 bits per heavy atom. The quantitative estimate of drug-likeness (QED) is 0.776. The molecule has 1 atom stereocenters. The van der Waals surface area contributed by atoms with Crippen LogP contribution in [-0.2, 0) is 4.79 Å². The van der Waals surface area contributed by atoms with Crippen LogP contribution in [0.15, 0.2) is 0 Å². The van der Waals surface area contributed by atoms with E-state index in [1.54, 1.807) is 0 Å². The largest absolute Gasteiger partial charge is 0.480 e. The number of carboxylic acid groups (broad SMARTS) is 1. The van der Waals surface area contributed by atoms with Crippen molar-refractivity contribution in [2.75, 3.05) is 13.1 Å². The number of piperidine rings is 1. The smallest absolute Gasteiger partial charge is 0.320 e. The summed E-state index contributed by atoms with van der Waals surface area (Å²) in [4.78, 5) is 13.5. The van der Waals surface area contributed by atoms with Crippen LogP contribution in [-0.4, -0.2) is 35.1 Å². The fraction of sp³-hybridized carbons (Fsp3) is 0.929. The fourth-order valence-corrected chi connectivity index (χ4v) is 2.59. The highest BCUT2D eigenvalue weighted by molar-refractivity contribution is 5.73. The van der Waals surface area contributed by atoms with Crippen molar-refractivity contribution in [2.24, 2.45) is 5.41 Å². The van der Waals surface area contributed by atoms with E-state index in [1.807, 2.05) is 0 Å². The minimum atomic E-state index is -0.640. The van der Waals surface area contributed by atoms with Gasteiger partial charge in [-0.25, -0.2) is 0 Å². The molecule has 1 aliphatic heterocycles. The second-order valence-corrected chi connectivity index (χ2v) is 5.70. The Morgan fingerprint density at radius 2 is 1.94 bits per heavy atom. The van der Waals surface area contributed by atoms with Gasteiger partial charge >= 0.3 is 5.97 Å². The monoisotopic (exact) mass is 241 g/mol. The molecule has 0 aromatic rings. The van der Waals surface area contributed by atoms with E-state index in [0.717, 1.165) is 45.2 Å². The number of hydrogen-bond donors (Lipinski definition) is 1. The van der Waals surface area contributed by atoms with E-state index in [2.05, 4.69) is 25.7 Å². The maximum Gasteiger partial charge on any atom is 0.320 e. The first-order chi connectivity index (χ1) is 8.02. The highest BCUT2D eigenvalue weighted by atomic mass is 16.4. The predicted octanol–water partition coefficient (Wildman–Crippen LogP) is 3.14. The van der Waals surface area contributed by atoms with Crippen molar-refractivity contribution in [1.82, 2.24) is 4.90 Å². The molecule has 3 heteroatoms. The average molecular weight is 241 g/mol. The first kappa shape index (κ1) is 14.5. The van der Waals surface area contributed by atoms with E-state index >= 15 is 0 Å². The molecule has 17 heavy (non-hydrogen) atoms. The van der Waals surface area contributed by atoms with Crippen molar-refractivity contribution in [3.05, 3.63) is 0 Å². The molecule has 1 rings (SSSR count). The molecule has 0 aromatic carbocycles. The Balaban J connectivity index is 2.51. The lowest BCUT2D eigenvalue weighted by Crippen LogP contribution is -2.47. The molecule has 1 aliphatic rings. The van der Waals surface area contributed by atoms with Gasteiger partial charge < -0.3 is 5.11 Å². The molecule has 100 valence electrons. The Labute approximate surface area is 105 Å². The van der Waals surface area contributed by atoms with E-state index in [1.165, 1.54) is 6.42 Å². The van der Waals surface area contributed by atoms with Gasteiger partial charge in [-0.2, -0.15) is 0 Å². The second-order valence-electron chi connectivity index (χ2n) is 5.70. The zero-order valence-electron chi connectivity index (χ0n) is 11.5. The van der Waals surface area contributed by atoms with Crippen LogP contribution >= 0.6 is 0 Å². The molecule has 1 saturated heterocycles. The van der Waals surface area contributed by atoms with Crippen LogP contribution in [0.5, 0.6) is 0 Å². The number of unbranched alkanes of at least 4 members (excludes halogenated alkanes) is 1. The standard InChI is InChI=1S/C14H27NO2/c1-4-6-7-12(13(16)17)15-10-8-14(3,5-2)9-11-15/h12H,4-11H2,1-3H3,(H,16,17). The van der Waals surface area contributed by atoms with Gasteiger partial charge in [-0.3, -0.25) is 9.69 Å². The molecule has 0 spiro atoms. The van der Waals surface area contributed by atoms with Gasteiger partial charge in [-0.15, -0.1) is 0 Å². The van der Waals surface area contributed by atoms with E-state index in [4.69, 9.17) is 0 Å². The maximum absolute atomic E-state index is 11.3. The fourth-order valence-electron chi connectivity index (χ4n) is 2.59. The van der Waals surface area contributed by atoms with Gasteiger partial charge in [-0.05, 0) is 37.8 Å². The van der Waals surface area contributed by atoms with Crippen molar-refractivity contribution in [1.29, 1.82) is 0 Å². The normalized spacial score (nSPS) is 22.3. The van der Waals surface area contributed by atoms with Gasteiger partial charge in [0.1, 0.15) is 6.04 Å². The number of carbonyl (C=O) groups is 1. The van der Waals surface area contributed by atoms with Gasteiger partial charge in [-0.1, -0.05) is 40.0 Å². The van der Waals surface area contributed by atoms with E-state index in [0.29, 0.717) is 5.41 Å². The summed E-state index contributed by atoms with van der Waals surface area (Å²) in [6.45, 7) is 8.58. The van der Waals surface area contributed by atoms with Crippen molar-refractivity contribution in [2.45, 2.75) is 65.3 Å². The molecule has 1 fully saturated rings. The zero-order chi connectivity index (χ0) is 12.9. The van der Waals surface area contributed by atoms with Crippen LogP contribution < -0.4 is 0 Å². The van der Waals surface area contributed by atoms with E-state index < -0.39 is 5.97 Å². The molecule has 3 nitrogen and oxygen atoms in total. The Kier molecular flexibility index (Phi) is 5.44. The summed E-state index contributed by atoms with van der Waals surface area (Å²) < 4.78 is 0. The summed E-state index contributed by atoms with van der Waals surface area (Å²) in [5.41, 5.74) is 0.435. The maximum atomic E-state index is 11.3. The lowest BCUT2D eigenvalue weighted by molar-refractivity contribution is -0.144. The van der Waals surface area contributed by atoms with Crippen LogP contribution in [0.2, 0.25) is 0 Å². The number of aliphatic carboxylic acids is 1. The molecule has 1 N–H and O–H groups in total. The van der Waals surface area contributed by atoms with Gasteiger partial charge in [0, 0.05) is 0 Å². The summed E-state index contributed by atoms with van der Waals surface area (Å²) in [7, 11) is 0. The third-order valence-electron chi connectivity index (χ3n) is 4.42. The van der Waals surface area contributed by atoms with Crippen LogP contribution in [0.3, 0.4) is 0 Å². The summed E-state index contributed by atoms with van der Waals surface area (Å²) in [6.07, 6.45) is 6.36. The summed E-state index contributed by atoms with van der Waals surface area (Å²) in [6, 6.07) is -0.253. The zero-order valence-corrected chi connectivity index (χ0v) is 11.5. The molecule has 1 heterocycles. The lowest BCUT2D eigenvalue weighted by Gasteiger charge is -2.41. The topological polar surface area (TPSA) is 40.5 Å².